The summed E-state index contributed by atoms with van der Waals surface area (Å²) in [4.78, 5) is 21.4. The summed E-state index contributed by atoms with van der Waals surface area (Å²) in [6.07, 6.45) is 2.31. The van der Waals surface area contributed by atoms with Crippen molar-refractivity contribution < 1.29 is 13.2 Å². The van der Waals surface area contributed by atoms with E-state index in [-0.39, 0.29) is 23.9 Å². The molecule has 1 amide bonds. The number of aromatic nitrogens is 1. The molecule has 0 aliphatic carbocycles. The highest BCUT2D eigenvalue weighted by atomic mass is 35.5. The van der Waals surface area contributed by atoms with Gasteiger partial charge in [0, 0.05) is 29.9 Å². The second-order valence-corrected chi connectivity index (χ2v) is 11.6. The maximum atomic E-state index is 13.7. The smallest absolute Gasteiger partial charge is 0.251 e. The second kappa shape index (κ2) is 11.9. The molecule has 0 unspecified atom stereocenters. The zero-order valence-corrected chi connectivity index (χ0v) is 22.7. The third kappa shape index (κ3) is 6.97. The molecule has 0 atom stereocenters. The number of hydrogen-bond donors (Lipinski definition) is 1. The molecule has 39 heavy (non-hydrogen) atoms. The number of carbonyl (C=O) groups excluding carboxylic acids is 1. The van der Waals surface area contributed by atoms with Crippen molar-refractivity contribution in [2.24, 2.45) is 4.99 Å². The van der Waals surface area contributed by atoms with Crippen molar-refractivity contribution in [2.75, 3.05) is 13.1 Å². The Hall–Kier alpha value is -3.85. The van der Waals surface area contributed by atoms with Crippen molar-refractivity contribution in [2.45, 2.75) is 24.4 Å². The summed E-state index contributed by atoms with van der Waals surface area (Å²) in [5.41, 5.74) is 4.87. The van der Waals surface area contributed by atoms with Crippen molar-refractivity contribution in [3.63, 3.8) is 0 Å². The first kappa shape index (κ1) is 26.7. The van der Waals surface area contributed by atoms with Crippen LogP contribution >= 0.6 is 11.6 Å². The summed E-state index contributed by atoms with van der Waals surface area (Å²) >= 11 is 6.02. The third-order valence-electron chi connectivity index (χ3n) is 6.37. The minimum absolute atomic E-state index is 0.114. The normalized spacial score (nSPS) is 12.7. The molecule has 0 spiro atoms. The Morgan fingerprint density at radius 1 is 0.897 bits per heavy atom. The maximum absolute atomic E-state index is 13.7. The summed E-state index contributed by atoms with van der Waals surface area (Å²) in [5, 5.41) is 3.58. The summed E-state index contributed by atoms with van der Waals surface area (Å²) in [7, 11) is -3.82. The molecule has 0 radical (unpaired) electrons. The van der Waals surface area contributed by atoms with Crippen LogP contribution in [0.15, 0.2) is 107 Å². The van der Waals surface area contributed by atoms with E-state index in [0.29, 0.717) is 35.8 Å². The van der Waals surface area contributed by atoms with Gasteiger partial charge >= 0.3 is 0 Å². The van der Waals surface area contributed by atoms with Gasteiger partial charge < -0.3 is 5.32 Å². The van der Waals surface area contributed by atoms with Crippen LogP contribution < -0.4 is 5.32 Å². The molecule has 2 heterocycles. The van der Waals surface area contributed by atoms with Gasteiger partial charge in [-0.25, -0.2) is 8.42 Å². The summed E-state index contributed by atoms with van der Waals surface area (Å²) in [6, 6.07) is 26.8. The van der Waals surface area contributed by atoms with E-state index in [1.165, 1.54) is 4.31 Å². The lowest BCUT2D eigenvalue weighted by molar-refractivity contribution is 0.0954. The van der Waals surface area contributed by atoms with E-state index in [1.807, 2.05) is 30.3 Å². The fourth-order valence-corrected chi connectivity index (χ4v) is 5.78. The van der Waals surface area contributed by atoms with Crippen molar-refractivity contribution in [3.8, 4) is 0 Å². The molecule has 1 aliphatic rings. The molecule has 0 fully saturated rings. The van der Waals surface area contributed by atoms with Gasteiger partial charge in [0.2, 0.25) is 10.0 Å². The highest BCUT2D eigenvalue weighted by Crippen LogP contribution is 2.23. The molecule has 9 heteroatoms. The van der Waals surface area contributed by atoms with Crippen LogP contribution in [0.1, 0.15) is 32.7 Å². The first-order chi connectivity index (χ1) is 18.9. The van der Waals surface area contributed by atoms with E-state index < -0.39 is 10.0 Å². The van der Waals surface area contributed by atoms with Crippen molar-refractivity contribution in [1.82, 2.24) is 14.6 Å². The van der Waals surface area contributed by atoms with Crippen LogP contribution in [-0.2, 0) is 29.5 Å². The van der Waals surface area contributed by atoms with E-state index in [2.05, 4.69) is 15.3 Å². The van der Waals surface area contributed by atoms with E-state index in [1.54, 1.807) is 66.9 Å². The fourth-order valence-electron chi connectivity index (χ4n) is 4.17. The quantitative estimate of drug-likeness (QED) is 0.283. The lowest BCUT2D eigenvalue weighted by atomic mass is 10.1. The van der Waals surface area contributed by atoms with Gasteiger partial charge in [0.15, 0.2) is 0 Å². The van der Waals surface area contributed by atoms with Gasteiger partial charge in [0.1, 0.15) is 0 Å². The fraction of sp³-hybridized carbons (Fsp3) is 0.167. The third-order valence-corrected chi connectivity index (χ3v) is 8.41. The molecule has 0 bridgehead atoms. The van der Waals surface area contributed by atoms with Gasteiger partial charge in [-0.2, -0.15) is 4.31 Å². The Labute approximate surface area is 233 Å². The Morgan fingerprint density at radius 2 is 1.67 bits per heavy atom. The average Bonchev–Trinajstić information content (AvgIpc) is 3.80. The van der Waals surface area contributed by atoms with Crippen LogP contribution in [0.5, 0.6) is 0 Å². The van der Waals surface area contributed by atoms with Gasteiger partial charge in [-0.3, -0.25) is 14.8 Å². The zero-order valence-electron chi connectivity index (χ0n) is 21.1. The largest absolute Gasteiger partial charge is 0.352 e. The Kier molecular flexibility index (Phi) is 8.16. The minimum atomic E-state index is -3.82. The first-order valence-electron chi connectivity index (χ1n) is 12.5. The lowest BCUT2D eigenvalue weighted by Gasteiger charge is -2.22. The number of hydrogen-bond acceptors (Lipinski definition) is 5. The van der Waals surface area contributed by atoms with Crippen LogP contribution in [0, 0.1) is 0 Å². The standard InChI is InChI=1S/C30H27ClN4O3S/c31-26-5-3-4-22(18-26)15-17-33-30(36)25-9-7-23(8-10-25)20-35(21-27-6-1-2-16-32-27)39(37,38)28-13-11-24(12-14-28)29-19-34-29/h1-14,16,18H,15,17,19-21H2,(H,33,36). The lowest BCUT2D eigenvalue weighted by Crippen LogP contribution is -2.30. The molecular formula is C30H27ClN4O3S. The number of benzene rings is 3. The van der Waals surface area contributed by atoms with Gasteiger partial charge in [-0.05, 0) is 71.6 Å². The predicted octanol–water partition coefficient (Wildman–Crippen LogP) is 4.90. The van der Waals surface area contributed by atoms with Crippen LogP contribution in [0.4, 0.5) is 0 Å². The van der Waals surface area contributed by atoms with E-state index in [0.717, 1.165) is 22.4 Å². The Balaban J connectivity index is 1.28. The van der Waals surface area contributed by atoms with Crippen LogP contribution in [-0.4, -0.2) is 42.4 Å². The monoisotopic (exact) mass is 558 g/mol. The Morgan fingerprint density at radius 3 is 2.33 bits per heavy atom. The molecule has 5 rings (SSSR count). The number of sulfonamides is 1. The van der Waals surface area contributed by atoms with E-state index in [4.69, 9.17) is 11.6 Å². The van der Waals surface area contributed by atoms with Gasteiger partial charge in [0.25, 0.3) is 5.91 Å². The molecule has 4 aromatic rings. The molecule has 7 nitrogen and oxygen atoms in total. The topological polar surface area (TPSA) is 91.7 Å². The number of nitrogens with one attached hydrogen (secondary N) is 1. The number of pyridine rings is 1. The van der Waals surface area contributed by atoms with Gasteiger partial charge in [-0.15, -0.1) is 0 Å². The van der Waals surface area contributed by atoms with Gasteiger partial charge in [0.05, 0.1) is 29.4 Å². The van der Waals surface area contributed by atoms with Crippen LogP contribution in [0.3, 0.4) is 0 Å². The zero-order chi connectivity index (χ0) is 27.2. The molecule has 3 aromatic carbocycles. The predicted molar refractivity (Wildman–Crippen MR) is 152 cm³/mol. The SMILES string of the molecule is O=C(NCCc1cccc(Cl)c1)c1ccc(CN(Cc2ccccn2)S(=O)(=O)c2ccc(C3=NC3)cc2)cc1. The molecule has 198 valence electrons. The molecule has 0 saturated heterocycles. The van der Waals surface area contributed by atoms with E-state index in [9.17, 15) is 13.2 Å². The maximum Gasteiger partial charge on any atom is 0.251 e. The summed E-state index contributed by atoms with van der Waals surface area (Å²) in [6.45, 7) is 1.42. The number of rotatable bonds is 11. The average molecular weight is 559 g/mol. The van der Waals surface area contributed by atoms with Gasteiger partial charge in [-0.1, -0.05) is 54.1 Å². The molecule has 1 N–H and O–H groups in total. The van der Waals surface area contributed by atoms with Crippen molar-refractivity contribution in [3.05, 3.63) is 130 Å². The number of halogens is 1. The molecule has 1 aromatic heterocycles. The highest BCUT2D eigenvalue weighted by molar-refractivity contribution is 7.89. The molecule has 0 saturated carbocycles. The van der Waals surface area contributed by atoms with Crippen LogP contribution in [0.2, 0.25) is 5.02 Å². The number of nitrogens with zero attached hydrogens (tertiary/aromatic N) is 3. The minimum Gasteiger partial charge on any atom is -0.352 e. The van der Waals surface area contributed by atoms with Crippen molar-refractivity contribution in [1.29, 1.82) is 0 Å². The number of amides is 1. The first-order valence-corrected chi connectivity index (χ1v) is 14.4. The van der Waals surface area contributed by atoms with E-state index >= 15 is 0 Å². The number of aliphatic imine (C=N–C) groups is 1. The highest BCUT2D eigenvalue weighted by Gasteiger charge is 2.26. The summed E-state index contributed by atoms with van der Waals surface area (Å²) in [5.74, 6) is -0.193. The number of carbonyl (C=O) groups is 1. The van der Waals surface area contributed by atoms with Crippen LogP contribution in [0.25, 0.3) is 0 Å². The summed E-state index contributed by atoms with van der Waals surface area (Å²) < 4.78 is 28.7. The van der Waals surface area contributed by atoms with Crippen molar-refractivity contribution >= 4 is 33.2 Å². The molecular weight excluding hydrogens is 532 g/mol. The molecule has 1 aliphatic heterocycles. The Bertz CT molecular complexity index is 1590. The second-order valence-electron chi connectivity index (χ2n) is 9.21.